The highest BCUT2D eigenvalue weighted by molar-refractivity contribution is 6.10. The van der Waals surface area contributed by atoms with Crippen molar-refractivity contribution in [1.82, 2.24) is 0 Å². The average molecular weight is 820 g/mol. The van der Waals surface area contributed by atoms with Crippen LogP contribution in [0, 0.1) is 18.1 Å². The highest BCUT2D eigenvalue weighted by atomic mass is 16.3. The molecule has 0 radical (unpaired) electrons. The van der Waals surface area contributed by atoms with Gasteiger partial charge in [-0.05, 0) is 106 Å². The van der Waals surface area contributed by atoms with Crippen LogP contribution in [0.4, 0.5) is 17.1 Å². The van der Waals surface area contributed by atoms with Crippen LogP contribution in [0.5, 0.6) is 0 Å². The van der Waals surface area contributed by atoms with Crippen molar-refractivity contribution in [3.63, 3.8) is 0 Å². The highest BCUT2D eigenvalue weighted by Gasteiger charge is 2.22. The van der Waals surface area contributed by atoms with E-state index >= 15 is 0 Å². The number of nitrogens with zero attached hydrogens (tertiary/aromatic N) is 1. The summed E-state index contributed by atoms with van der Waals surface area (Å²) < 4.78 is 12.8. The van der Waals surface area contributed by atoms with Gasteiger partial charge in [0.25, 0.3) is 0 Å². The quantitative estimate of drug-likeness (QED) is 0.153. The number of hydrogen-bond acceptors (Lipinski definition) is 3. The van der Waals surface area contributed by atoms with E-state index in [2.05, 4.69) is 218 Å². The minimum atomic E-state index is 0.329. The molecule has 11 aromatic rings. The standard InChI is InChI=1S/C61H41NO2/c1-40-39-47(53-16-10-18-57-55-14-6-8-20-59(55)64-61(53)57)31-38-51(40)45-29-36-50(37-30-45)62(48-32-25-43(26-33-48)41-11-3-2-4-12-41)49-34-27-44(28-35-49)42-21-23-46(24-22-42)52-15-9-17-56-54-13-5-7-19-58(54)63-60(52)56/h2-27,29-34,36-38,40H,39H2,1H3/t40-/m0/s1. The first-order valence-corrected chi connectivity index (χ1v) is 22.0. The molecule has 0 bridgehead atoms. The Morgan fingerprint density at radius 2 is 0.953 bits per heavy atom. The molecule has 0 spiro atoms. The Hall–Kier alpha value is -8.32. The van der Waals surface area contributed by atoms with Gasteiger partial charge in [0, 0.05) is 49.6 Å². The maximum Gasteiger partial charge on any atom is 0.143 e. The minimum Gasteiger partial charge on any atom is -0.455 e. The molecule has 1 atom stereocenters. The van der Waals surface area contributed by atoms with Crippen LogP contribution in [0.2, 0.25) is 0 Å². The van der Waals surface area contributed by atoms with Crippen LogP contribution in [0.15, 0.2) is 221 Å². The van der Waals surface area contributed by atoms with E-state index < -0.39 is 0 Å². The number of fused-ring (bicyclic) bond motifs is 6. The lowest BCUT2D eigenvalue weighted by Crippen LogP contribution is -2.10. The molecule has 64 heavy (non-hydrogen) atoms. The highest BCUT2D eigenvalue weighted by Crippen LogP contribution is 2.43. The van der Waals surface area contributed by atoms with Crippen molar-refractivity contribution in [3.8, 4) is 33.4 Å². The van der Waals surface area contributed by atoms with Gasteiger partial charge in [0.2, 0.25) is 0 Å². The molecule has 0 saturated carbocycles. The molecule has 2 heterocycles. The lowest BCUT2D eigenvalue weighted by Gasteiger charge is -2.26. The molecule has 12 rings (SSSR count). The molecule has 0 saturated heterocycles. The predicted molar refractivity (Wildman–Crippen MR) is 266 cm³/mol. The topological polar surface area (TPSA) is 29.5 Å². The van der Waals surface area contributed by atoms with E-state index in [4.69, 9.17) is 8.83 Å². The number of furan rings is 2. The number of benzene rings is 8. The largest absolute Gasteiger partial charge is 0.455 e. The predicted octanol–water partition coefficient (Wildman–Crippen LogP) is 17.1. The molecule has 0 fully saturated rings. The Bertz CT molecular complexity index is 3550. The van der Waals surface area contributed by atoms with Crippen molar-refractivity contribution in [2.24, 2.45) is 5.92 Å². The molecule has 1 aliphatic carbocycles. The second-order valence-electron chi connectivity index (χ2n) is 16.7. The third-order valence-electron chi connectivity index (χ3n) is 12.8. The fourth-order valence-corrected chi connectivity index (χ4v) is 9.59. The van der Waals surface area contributed by atoms with Crippen molar-refractivity contribution in [1.29, 1.82) is 0 Å². The van der Waals surface area contributed by atoms with Crippen LogP contribution in [0.25, 0.3) is 88.4 Å². The molecule has 2 aromatic heterocycles. The Labute approximate surface area is 372 Å². The second-order valence-corrected chi connectivity index (χ2v) is 16.7. The zero-order valence-electron chi connectivity index (χ0n) is 35.3. The minimum absolute atomic E-state index is 0.329. The molecule has 3 heteroatoms. The van der Waals surface area contributed by atoms with E-state index in [1.54, 1.807) is 0 Å². The van der Waals surface area contributed by atoms with E-state index in [0.29, 0.717) is 5.92 Å². The van der Waals surface area contributed by atoms with Crippen molar-refractivity contribution in [3.05, 3.63) is 236 Å². The van der Waals surface area contributed by atoms with Gasteiger partial charge in [-0.1, -0.05) is 177 Å². The zero-order valence-corrected chi connectivity index (χ0v) is 35.3. The van der Waals surface area contributed by atoms with Crippen molar-refractivity contribution in [2.45, 2.75) is 13.3 Å². The van der Waals surface area contributed by atoms with Gasteiger partial charge in [-0.25, -0.2) is 0 Å². The summed E-state index contributed by atoms with van der Waals surface area (Å²) in [5, 5.41) is 4.59. The number of hydrogen-bond donors (Lipinski definition) is 0. The van der Waals surface area contributed by atoms with Crippen LogP contribution >= 0.6 is 0 Å². The summed E-state index contributed by atoms with van der Waals surface area (Å²) in [7, 11) is 0. The van der Waals surface area contributed by atoms with E-state index in [1.165, 1.54) is 38.8 Å². The summed E-state index contributed by atoms with van der Waals surface area (Å²) >= 11 is 0. The number of para-hydroxylation sites is 4. The van der Waals surface area contributed by atoms with Gasteiger partial charge in [-0.15, -0.1) is 0 Å². The Morgan fingerprint density at radius 1 is 0.422 bits per heavy atom. The third-order valence-corrected chi connectivity index (χ3v) is 12.8. The summed E-state index contributed by atoms with van der Waals surface area (Å²) in [6.07, 6.45) is 5.51. The fraction of sp³-hybridized carbons (Fsp3) is 0.0492. The Kier molecular flexibility index (Phi) is 9.09. The molecule has 9 aromatic carbocycles. The summed E-state index contributed by atoms with van der Waals surface area (Å²) in [5.74, 6) is 0.329. The third kappa shape index (κ3) is 6.56. The van der Waals surface area contributed by atoms with Crippen LogP contribution < -0.4 is 4.90 Å². The van der Waals surface area contributed by atoms with E-state index in [-0.39, 0.29) is 0 Å². The monoisotopic (exact) mass is 819 g/mol. The van der Waals surface area contributed by atoms with Gasteiger partial charge in [0.15, 0.2) is 0 Å². The molecule has 0 unspecified atom stereocenters. The van der Waals surface area contributed by atoms with Gasteiger partial charge in [-0.3, -0.25) is 0 Å². The number of anilines is 3. The molecule has 0 N–H and O–H groups in total. The summed E-state index contributed by atoms with van der Waals surface area (Å²) in [6, 6.07) is 77.7. The maximum atomic E-state index is 6.42. The average Bonchev–Trinajstić information content (AvgIpc) is 3.94. The van der Waals surface area contributed by atoms with E-state index in [9.17, 15) is 0 Å². The van der Waals surface area contributed by atoms with Gasteiger partial charge < -0.3 is 13.7 Å². The SMILES string of the molecule is C[C@H]1CC(c2cccc3c2oc2ccccc23)=CC=C1c1ccc(N(c2c#cc(-c3ccc(-c4cccc5c4oc4ccccc45)cc3)cc2)c2ccc(-c3ccccc3)cc2)cc1. The second kappa shape index (κ2) is 15.5. The first-order chi connectivity index (χ1) is 31.6. The van der Waals surface area contributed by atoms with Gasteiger partial charge >= 0.3 is 0 Å². The molecular formula is C61H41NO2. The molecule has 1 aliphatic rings. The van der Waals surface area contributed by atoms with E-state index in [1.807, 2.05) is 18.2 Å². The number of rotatable bonds is 8. The summed E-state index contributed by atoms with van der Waals surface area (Å²) in [4.78, 5) is 2.26. The smallest absolute Gasteiger partial charge is 0.143 e. The fourth-order valence-electron chi connectivity index (χ4n) is 9.59. The van der Waals surface area contributed by atoms with Crippen LogP contribution in [-0.2, 0) is 0 Å². The van der Waals surface area contributed by atoms with Gasteiger partial charge in [-0.2, -0.15) is 0 Å². The Morgan fingerprint density at radius 3 is 1.58 bits per heavy atom. The summed E-state index contributed by atoms with van der Waals surface area (Å²) in [6.45, 7) is 2.33. The molecule has 0 amide bonds. The van der Waals surface area contributed by atoms with E-state index in [0.717, 1.165) is 84.2 Å². The molecule has 3 nitrogen and oxygen atoms in total. The van der Waals surface area contributed by atoms with Crippen molar-refractivity contribution in [2.75, 3.05) is 4.90 Å². The van der Waals surface area contributed by atoms with Crippen LogP contribution in [-0.4, -0.2) is 0 Å². The first-order valence-electron chi connectivity index (χ1n) is 22.0. The lowest BCUT2D eigenvalue weighted by molar-refractivity contribution is 0.666. The normalized spacial score (nSPS) is 13.9. The lowest BCUT2D eigenvalue weighted by atomic mass is 9.82. The zero-order chi connectivity index (χ0) is 42.6. The van der Waals surface area contributed by atoms with Gasteiger partial charge in [0.1, 0.15) is 22.3 Å². The number of allylic oxidation sites excluding steroid dienone is 4. The molecule has 0 aliphatic heterocycles. The summed E-state index contributed by atoms with van der Waals surface area (Å²) in [5.41, 5.74) is 18.4. The molecule has 302 valence electrons. The van der Waals surface area contributed by atoms with Crippen molar-refractivity contribution < 1.29 is 8.83 Å². The molecular weight excluding hydrogens is 779 g/mol. The van der Waals surface area contributed by atoms with Crippen LogP contribution in [0.3, 0.4) is 0 Å². The first kappa shape index (κ1) is 37.4. The van der Waals surface area contributed by atoms with Crippen molar-refractivity contribution >= 4 is 72.1 Å². The maximum absolute atomic E-state index is 6.42. The van der Waals surface area contributed by atoms with Gasteiger partial charge in [0.05, 0.1) is 5.69 Å². The Balaban J connectivity index is 0.853. The van der Waals surface area contributed by atoms with Crippen LogP contribution in [0.1, 0.15) is 24.5 Å².